The highest BCUT2D eigenvalue weighted by molar-refractivity contribution is 9.10. The Bertz CT molecular complexity index is 1260. The van der Waals surface area contributed by atoms with E-state index in [1.807, 2.05) is 18.2 Å². The Hall–Kier alpha value is -3.00. The minimum atomic E-state index is -0.242. The topological polar surface area (TPSA) is 65.4 Å². The minimum Gasteiger partial charge on any atom is -0.487 e. The quantitative estimate of drug-likeness (QED) is 0.263. The second-order valence-electron chi connectivity index (χ2n) is 7.01. The summed E-state index contributed by atoms with van der Waals surface area (Å²) in [6.07, 6.45) is 3.25. The summed E-state index contributed by atoms with van der Waals surface area (Å²) < 4.78 is 13.8. The normalized spacial score (nSPS) is 10.6. The first-order valence-electron chi connectivity index (χ1n) is 9.85. The van der Waals surface area contributed by atoms with Crippen molar-refractivity contribution in [2.45, 2.75) is 13.3 Å². The fraction of sp³-hybridized carbons (Fsp3) is 0.0833. The van der Waals surface area contributed by atoms with Gasteiger partial charge in [0.05, 0.1) is 23.1 Å². The summed E-state index contributed by atoms with van der Waals surface area (Å²) in [4.78, 5) is 12.6. The molecule has 0 saturated heterocycles. The Morgan fingerprint density at radius 3 is 2.61 bits per heavy atom. The van der Waals surface area contributed by atoms with Gasteiger partial charge in [0.2, 0.25) is 0 Å². The number of amides is 1. The summed E-state index contributed by atoms with van der Waals surface area (Å²) in [6.45, 7) is 0.524. The maximum atomic E-state index is 12.6. The molecule has 168 valence electrons. The van der Waals surface area contributed by atoms with Crippen molar-refractivity contribution in [2.24, 2.45) is 0 Å². The third-order valence-electron chi connectivity index (χ3n) is 4.56. The molecule has 33 heavy (non-hydrogen) atoms. The molecular formula is C24H18BrCl2N3O3. The van der Waals surface area contributed by atoms with Gasteiger partial charge in [-0.3, -0.25) is 4.79 Å². The Balaban J connectivity index is 1.29. The van der Waals surface area contributed by atoms with Gasteiger partial charge in [0.15, 0.2) is 6.73 Å². The number of nitrogens with zero attached hydrogens (tertiary/aromatic N) is 2. The van der Waals surface area contributed by atoms with E-state index in [0.29, 0.717) is 39.4 Å². The summed E-state index contributed by atoms with van der Waals surface area (Å²) in [7, 11) is 0. The lowest BCUT2D eigenvalue weighted by Gasteiger charge is -2.09. The molecule has 1 amide bonds. The van der Waals surface area contributed by atoms with E-state index in [4.69, 9.17) is 32.7 Å². The van der Waals surface area contributed by atoms with Crippen molar-refractivity contribution >= 4 is 50.7 Å². The molecule has 0 bridgehead atoms. The highest BCUT2D eigenvalue weighted by Gasteiger charge is 2.09. The average Bonchev–Trinajstić information content (AvgIpc) is 3.25. The second-order valence-corrected chi connectivity index (χ2v) is 8.77. The molecule has 0 unspecified atom stereocenters. The van der Waals surface area contributed by atoms with E-state index in [9.17, 15) is 4.79 Å². The van der Waals surface area contributed by atoms with Crippen LogP contribution in [-0.2, 0) is 13.3 Å². The van der Waals surface area contributed by atoms with Gasteiger partial charge in [0.25, 0.3) is 5.91 Å². The lowest BCUT2D eigenvalue weighted by atomic mass is 10.1. The number of benzene rings is 3. The number of hydrogen-bond acceptors (Lipinski definition) is 4. The fourth-order valence-corrected chi connectivity index (χ4v) is 3.81. The molecule has 0 spiro atoms. The summed E-state index contributed by atoms with van der Waals surface area (Å²) >= 11 is 15.5. The molecule has 1 heterocycles. The average molecular weight is 547 g/mol. The van der Waals surface area contributed by atoms with Gasteiger partial charge < -0.3 is 14.8 Å². The van der Waals surface area contributed by atoms with Gasteiger partial charge in [0, 0.05) is 15.1 Å². The Morgan fingerprint density at radius 1 is 1.03 bits per heavy atom. The summed E-state index contributed by atoms with van der Waals surface area (Å²) in [5.41, 5.74) is 1.99. The van der Waals surface area contributed by atoms with Crippen LogP contribution < -0.4 is 14.8 Å². The Labute approximate surface area is 209 Å². The van der Waals surface area contributed by atoms with Crippen LogP contribution in [0.5, 0.6) is 11.5 Å². The van der Waals surface area contributed by atoms with Crippen LogP contribution in [0.25, 0.3) is 0 Å². The molecular weight excluding hydrogens is 529 g/mol. The van der Waals surface area contributed by atoms with Crippen molar-refractivity contribution in [1.29, 1.82) is 0 Å². The largest absolute Gasteiger partial charge is 0.487 e. The van der Waals surface area contributed by atoms with E-state index < -0.39 is 0 Å². The highest BCUT2D eigenvalue weighted by atomic mass is 79.9. The van der Waals surface area contributed by atoms with E-state index in [2.05, 4.69) is 26.3 Å². The first kappa shape index (κ1) is 23.2. The van der Waals surface area contributed by atoms with Crippen LogP contribution in [0.15, 0.2) is 83.6 Å². The highest BCUT2D eigenvalue weighted by Crippen LogP contribution is 2.28. The van der Waals surface area contributed by atoms with E-state index in [1.165, 1.54) is 0 Å². The summed E-state index contributed by atoms with van der Waals surface area (Å²) in [6, 6.07) is 19.7. The van der Waals surface area contributed by atoms with Gasteiger partial charge in [-0.15, -0.1) is 0 Å². The van der Waals surface area contributed by atoms with E-state index in [0.717, 1.165) is 10.0 Å². The predicted octanol–water partition coefficient (Wildman–Crippen LogP) is 6.82. The van der Waals surface area contributed by atoms with Crippen molar-refractivity contribution < 1.29 is 14.3 Å². The number of halogens is 3. The number of aromatic nitrogens is 2. The van der Waals surface area contributed by atoms with Crippen molar-refractivity contribution in [3.05, 3.63) is 105 Å². The lowest BCUT2D eigenvalue weighted by Crippen LogP contribution is -2.11. The maximum Gasteiger partial charge on any atom is 0.255 e. The number of anilines is 1. The Morgan fingerprint density at radius 2 is 1.85 bits per heavy atom. The first-order chi connectivity index (χ1) is 16.0. The number of ether oxygens (including phenoxy) is 2. The van der Waals surface area contributed by atoms with Gasteiger partial charge in [-0.1, -0.05) is 57.3 Å². The third-order valence-corrected chi connectivity index (χ3v) is 5.58. The van der Waals surface area contributed by atoms with E-state index >= 15 is 0 Å². The molecule has 1 N–H and O–H groups in total. The van der Waals surface area contributed by atoms with Gasteiger partial charge >= 0.3 is 0 Å². The standard InChI is InChI=1S/C24H18BrCl2N3O3/c25-18-8-9-23(22(27)10-18)32-14-16-4-6-17(7-5-16)24(31)29-20-12-28-30(13-20)15-33-21-3-1-2-19(26)11-21/h1-13H,14-15H2,(H,29,31). The van der Waals surface area contributed by atoms with Gasteiger partial charge in [-0.2, -0.15) is 5.10 Å². The van der Waals surface area contributed by atoms with Crippen LogP contribution in [0.4, 0.5) is 5.69 Å². The number of carbonyl (C=O) groups excluding carboxylic acids is 1. The molecule has 0 radical (unpaired) electrons. The number of hydrogen-bond donors (Lipinski definition) is 1. The van der Waals surface area contributed by atoms with Crippen LogP contribution >= 0.6 is 39.1 Å². The van der Waals surface area contributed by atoms with Crippen LogP contribution in [0.3, 0.4) is 0 Å². The molecule has 0 aliphatic heterocycles. The second kappa shape index (κ2) is 10.7. The molecule has 0 fully saturated rings. The fourth-order valence-electron chi connectivity index (χ4n) is 2.91. The molecule has 6 nitrogen and oxygen atoms in total. The molecule has 1 aromatic heterocycles. The van der Waals surface area contributed by atoms with Crippen LogP contribution in [0.2, 0.25) is 10.0 Å². The van der Waals surface area contributed by atoms with Crippen molar-refractivity contribution in [2.75, 3.05) is 5.32 Å². The SMILES string of the molecule is O=C(Nc1cnn(COc2cccc(Cl)c2)c1)c1ccc(COc2ccc(Br)cc2Cl)cc1. The van der Waals surface area contributed by atoms with Crippen molar-refractivity contribution in [3.8, 4) is 11.5 Å². The molecule has 0 atom stereocenters. The molecule has 0 aliphatic carbocycles. The first-order valence-corrected chi connectivity index (χ1v) is 11.4. The maximum absolute atomic E-state index is 12.6. The lowest BCUT2D eigenvalue weighted by molar-refractivity contribution is 0.102. The van der Waals surface area contributed by atoms with Crippen molar-refractivity contribution in [3.63, 3.8) is 0 Å². The molecule has 4 rings (SSSR count). The van der Waals surface area contributed by atoms with Crippen LogP contribution in [-0.4, -0.2) is 15.7 Å². The van der Waals surface area contributed by atoms with Crippen molar-refractivity contribution in [1.82, 2.24) is 9.78 Å². The number of nitrogens with one attached hydrogen (secondary N) is 1. The zero-order valence-corrected chi connectivity index (χ0v) is 20.3. The Kier molecular flexibility index (Phi) is 7.54. The molecule has 0 aliphatic rings. The third kappa shape index (κ3) is 6.51. The smallest absolute Gasteiger partial charge is 0.255 e. The zero-order chi connectivity index (χ0) is 23.2. The molecule has 9 heteroatoms. The molecule has 0 saturated carbocycles. The number of rotatable bonds is 8. The monoisotopic (exact) mass is 545 g/mol. The summed E-state index contributed by atoms with van der Waals surface area (Å²) in [5.74, 6) is 0.988. The molecule has 3 aromatic carbocycles. The van der Waals surface area contributed by atoms with Gasteiger partial charge in [-0.05, 0) is 54.1 Å². The van der Waals surface area contributed by atoms with Gasteiger partial charge in [0.1, 0.15) is 18.1 Å². The molecule has 4 aromatic rings. The summed E-state index contributed by atoms with van der Waals surface area (Å²) in [5, 5.41) is 8.14. The van der Waals surface area contributed by atoms with Crippen LogP contribution in [0.1, 0.15) is 15.9 Å². The van der Waals surface area contributed by atoms with Crippen LogP contribution in [0, 0.1) is 0 Å². The minimum absolute atomic E-state index is 0.188. The zero-order valence-electron chi connectivity index (χ0n) is 17.2. The predicted molar refractivity (Wildman–Crippen MR) is 132 cm³/mol. The van der Waals surface area contributed by atoms with Gasteiger partial charge in [-0.25, -0.2) is 4.68 Å². The van der Waals surface area contributed by atoms with E-state index in [-0.39, 0.29) is 12.6 Å². The number of carbonyl (C=O) groups is 1. The van der Waals surface area contributed by atoms with E-state index in [1.54, 1.807) is 65.6 Å².